The normalized spacial score (nSPS) is 11.6. The van der Waals surface area contributed by atoms with Crippen LogP contribution in [0.2, 0.25) is 0 Å². The lowest BCUT2D eigenvalue weighted by Crippen LogP contribution is -2.33. The predicted octanol–water partition coefficient (Wildman–Crippen LogP) is 0.587. The third-order valence-electron chi connectivity index (χ3n) is 3.15. The monoisotopic (exact) mass is 294 g/mol. The molecular weight excluding hydrogens is 272 g/mol. The predicted molar refractivity (Wildman–Crippen MR) is 78.9 cm³/mol. The van der Waals surface area contributed by atoms with Crippen molar-refractivity contribution in [3.63, 3.8) is 0 Å². The summed E-state index contributed by atoms with van der Waals surface area (Å²) in [5, 5.41) is 0. The lowest BCUT2D eigenvalue weighted by Gasteiger charge is -2.15. The van der Waals surface area contributed by atoms with Crippen LogP contribution < -0.4 is 10.5 Å². The molecule has 6 nitrogen and oxygen atoms in total. The highest BCUT2D eigenvalue weighted by atomic mass is 16.5. The van der Waals surface area contributed by atoms with E-state index in [2.05, 4.69) is 4.74 Å². The summed E-state index contributed by atoms with van der Waals surface area (Å²) in [7, 11) is 3.03. The SMILES string of the molecule is CCN(C)C(=O)COc1ccc(CC(N)C(=O)OC)cc1. The largest absolute Gasteiger partial charge is 0.484 e. The van der Waals surface area contributed by atoms with Gasteiger partial charge >= 0.3 is 5.97 Å². The fraction of sp³-hybridized carbons (Fsp3) is 0.467. The van der Waals surface area contributed by atoms with E-state index in [0.717, 1.165) is 5.56 Å². The Morgan fingerprint density at radius 1 is 1.29 bits per heavy atom. The van der Waals surface area contributed by atoms with E-state index in [1.54, 1.807) is 24.1 Å². The number of methoxy groups -OCH3 is 1. The van der Waals surface area contributed by atoms with Crippen molar-refractivity contribution >= 4 is 11.9 Å². The van der Waals surface area contributed by atoms with Crippen LogP contribution in [0.4, 0.5) is 0 Å². The number of ether oxygens (including phenoxy) is 2. The Bertz CT molecular complexity index is 473. The summed E-state index contributed by atoms with van der Waals surface area (Å²) in [6.45, 7) is 2.55. The summed E-state index contributed by atoms with van der Waals surface area (Å²) in [5.41, 5.74) is 6.59. The Labute approximate surface area is 124 Å². The van der Waals surface area contributed by atoms with Crippen molar-refractivity contribution in [3.8, 4) is 5.75 Å². The number of hydrogen-bond donors (Lipinski definition) is 1. The number of hydrogen-bond acceptors (Lipinski definition) is 5. The van der Waals surface area contributed by atoms with Gasteiger partial charge in [-0.1, -0.05) is 12.1 Å². The number of nitrogens with zero attached hydrogens (tertiary/aromatic N) is 1. The summed E-state index contributed by atoms with van der Waals surface area (Å²) in [4.78, 5) is 24.4. The second-order valence-electron chi connectivity index (χ2n) is 4.67. The lowest BCUT2D eigenvalue weighted by molar-refractivity contribution is -0.142. The molecule has 0 aliphatic carbocycles. The van der Waals surface area contributed by atoms with Gasteiger partial charge in [0.05, 0.1) is 7.11 Å². The Kier molecular flexibility index (Phi) is 6.68. The molecule has 6 heteroatoms. The molecule has 0 fully saturated rings. The number of esters is 1. The Morgan fingerprint density at radius 2 is 1.90 bits per heavy atom. The zero-order chi connectivity index (χ0) is 15.8. The number of rotatable bonds is 7. The maximum Gasteiger partial charge on any atom is 0.322 e. The smallest absolute Gasteiger partial charge is 0.322 e. The van der Waals surface area contributed by atoms with Crippen LogP contribution in [-0.2, 0) is 20.7 Å². The first kappa shape index (κ1) is 17.0. The number of carbonyl (C=O) groups excluding carboxylic acids is 2. The minimum absolute atomic E-state index is 0.00532. The van der Waals surface area contributed by atoms with Gasteiger partial charge in [0.15, 0.2) is 6.61 Å². The van der Waals surface area contributed by atoms with Crippen LogP contribution in [0.5, 0.6) is 5.75 Å². The van der Waals surface area contributed by atoms with Crippen LogP contribution >= 0.6 is 0 Å². The molecule has 1 rings (SSSR count). The van der Waals surface area contributed by atoms with Crippen LogP contribution in [-0.4, -0.2) is 50.1 Å². The summed E-state index contributed by atoms with van der Waals surface area (Å²) in [5.74, 6) is 0.0843. The molecule has 1 amide bonds. The van der Waals surface area contributed by atoms with Crippen LogP contribution in [0, 0.1) is 0 Å². The van der Waals surface area contributed by atoms with Crippen molar-refractivity contribution < 1.29 is 19.1 Å². The van der Waals surface area contributed by atoms with Crippen LogP contribution in [0.3, 0.4) is 0 Å². The highest BCUT2D eigenvalue weighted by Gasteiger charge is 2.14. The standard InChI is InChI=1S/C15H22N2O4/c1-4-17(2)14(18)10-21-12-7-5-11(6-8-12)9-13(16)15(19)20-3/h5-8,13H,4,9-10,16H2,1-3H3. The Morgan fingerprint density at radius 3 is 2.43 bits per heavy atom. The summed E-state index contributed by atoms with van der Waals surface area (Å²) < 4.78 is 9.98. The summed E-state index contributed by atoms with van der Waals surface area (Å²) in [6.07, 6.45) is 0.393. The third-order valence-corrected chi connectivity index (χ3v) is 3.15. The molecule has 1 aromatic carbocycles. The van der Waals surface area contributed by atoms with Crippen molar-refractivity contribution in [1.29, 1.82) is 0 Å². The number of benzene rings is 1. The van der Waals surface area contributed by atoms with E-state index in [0.29, 0.717) is 18.7 Å². The van der Waals surface area contributed by atoms with Crippen LogP contribution in [0.1, 0.15) is 12.5 Å². The lowest BCUT2D eigenvalue weighted by atomic mass is 10.1. The van der Waals surface area contributed by atoms with Gasteiger partial charge in [-0.05, 0) is 31.0 Å². The van der Waals surface area contributed by atoms with Gasteiger partial charge in [0.1, 0.15) is 11.8 Å². The van der Waals surface area contributed by atoms with Gasteiger partial charge in [-0.3, -0.25) is 9.59 Å². The van der Waals surface area contributed by atoms with Crippen LogP contribution in [0.25, 0.3) is 0 Å². The molecule has 116 valence electrons. The maximum absolute atomic E-state index is 11.6. The van der Waals surface area contributed by atoms with Crippen molar-refractivity contribution in [3.05, 3.63) is 29.8 Å². The molecule has 2 N–H and O–H groups in total. The molecular formula is C15H22N2O4. The van der Waals surface area contributed by atoms with E-state index in [1.807, 2.05) is 19.1 Å². The van der Waals surface area contributed by atoms with Gasteiger partial charge in [-0.15, -0.1) is 0 Å². The molecule has 0 saturated carbocycles. The average Bonchev–Trinajstić information content (AvgIpc) is 2.52. The fourth-order valence-electron chi connectivity index (χ4n) is 1.64. The van der Waals surface area contributed by atoms with E-state index >= 15 is 0 Å². The average molecular weight is 294 g/mol. The van der Waals surface area contributed by atoms with E-state index in [9.17, 15) is 9.59 Å². The summed E-state index contributed by atoms with van der Waals surface area (Å²) >= 11 is 0. The van der Waals surface area contributed by atoms with Gasteiger partial charge < -0.3 is 20.1 Å². The first-order valence-corrected chi connectivity index (χ1v) is 6.77. The molecule has 0 saturated heterocycles. The van der Waals surface area contributed by atoms with Gasteiger partial charge in [0.25, 0.3) is 5.91 Å². The molecule has 1 unspecified atom stereocenters. The van der Waals surface area contributed by atoms with E-state index in [1.165, 1.54) is 7.11 Å². The molecule has 0 radical (unpaired) electrons. The van der Waals surface area contributed by atoms with Gasteiger partial charge in [-0.2, -0.15) is 0 Å². The molecule has 0 spiro atoms. The van der Waals surface area contributed by atoms with Gasteiger partial charge in [0.2, 0.25) is 0 Å². The number of nitrogens with two attached hydrogens (primary N) is 1. The Hall–Kier alpha value is -2.08. The molecule has 21 heavy (non-hydrogen) atoms. The second-order valence-corrected chi connectivity index (χ2v) is 4.67. The van der Waals surface area contributed by atoms with Crippen molar-refractivity contribution in [2.45, 2.75) is 19.4 Å². The van der Waals surface area contributed by atoms with Gasteiger partial charge in [0, 0.05) is 13.6 Å². The van der Waals surface area contributed by atoms with Crippen LogP contribution in [0.15, 0.2) is 24.3 Å². The number of amides is 1. The fourth-order valence-corrected chi connectivity index (χ4v) is 1.64. The topological polar surface area (TPSA) is 81.9 Å². The minimum atomic E-state index is -0.679. The molecule has 0 aliphatic rings. The van der Waals surface area contributed by atoms with Crippen molar-refractivity contribution in [2.24, 2.45) is 5.73 Å². The molecule has 0 heterocycles. The van der Waals surface area contributed by atoms with E-state index in [-0.39, 0.29) is 12.5 Å². The van der Waals surface area contributed by atoms with Crippen molar-refractivity contribution in [2.75, 3.05) is 27.3 Å². The van der Waals surface area contributed by atoms with E-state index in [4.69, 9.17) is 10.5 Å². The maximum atomic E-state index is 11.6. The molecule has 0 aromatic heterocycles. The van der Waals surface area contributed by atoms with E-state index < -0.39 is 12.0 Å². The number of carbonyl (C=O) groups is 2. The molecule has 1 aromatic rings. The molecule has 0 aliphatic heterocycles. The highest BCUT2D eigenvalue weighted by Crippen LogP contribution is 2.13. The highest BCUT2D eigenvalue weighted by molar-refractivity contribution is 5.77. The van der Waals surface area contributed by atoms with Crippen molar-refractivity contribution in [1.82, 2.24) is 4.90 Å². The zero-order valence-electron chi connectivity index (χ0n) is 12.7. The summed E-state index contributed by atoms with van der Waals surface area (Å²) in [6, 6.07) is 6.44. The first-order chi connectivity index (χ1) is 9.97. The minimum Gasteiger partial charge on any atom is -0.484 e. The third kappa shape index (κ3) is 5.43. The zero-order valence-corrected chi connectivity index (χ0v) is 12.7. The molecule has 1 atom stereocenters. The Balaban J connectivity index is 2.51. The molecule has 0 bridgehead atoms. The number of likely N-dealkylation sites (N-methyl/N-ethyl adjacent to an activating group) is 1. The van der Waals surface area contributed by atoms with Gasteiger partial charge in [-0.25, -0.2) is 0 Å². The quantitative estimate of drug-likeness (QED) is 0.744. The first-order valence-electron chi connectivity index (χ1n) is 6.77. The second kappa shape index (κ2) is 8.26.